The minimum Gasteiger partial charge on any atom is -0.337 e. The maximum atomic E-state index is 11.6. The average Bonchev–Trinajstić information content (AvgIpc) is 2.46. The molecule has 20 heavy (non-hydrogen) atoms. The molecule has 0 spiro atoms. The van der Waals surface area contributed by atoms with Crippen molar-refractivity contribution in [2.24, 2.45) is 0 Å². The molecule has 0 aromatic heterocycles. The summed E-state index contributed by atoms with van der Waals surface area (Å²) >= 11 is 6.00. The lowest BCUT2D eigenvalue weighted by Crippen LogP contribution is -2.38. The fourth-order valence-corrected chi connectivity index (χ4v) is 1.93. The quantitative estimate of drug-likeness (QED) is 0.812. The number of hydrogen-bond donors (Lipinski definition) is 2. The fraction of sp³-hybridized carbons (Fsp3) is 0.400. The first-order valence-corrected chi connectivity index (χ1v) is 7.23. The second-order valence-electron chi connectivity index (χ2n) is 4.28. The van der Waals surface area contributed by atoms with Crippen LogP contribution >= 0.6 is 11.6 Å². The van der Waals surface area contributed by atoms with Crippen LogP contribution in [0.15, 0.2) is 30.5 Å². The van der Waals surface area contributed by atoms with E-state index in [0.717, 1.165) is 25.2 Å². The lowest BCUT2D eigenvalue weighted by molar-refractivity contribution is 0.240. The summed E-state index contributed by atoms with van der Waals surface area (Å²) in [5.74, 6) is 0. The Kier molecular flexibility index (Phi) is 7.77. The zero-order chi connectivity index (χ0) is 14.8. The van der Waals surface area contributed by atoms with Crippen molar-refractivity contribution in [1.29, 1.82) is 0 Å². The van der Waals surface area contributed by atoms with Crippen LogP contribution in [-0.4, -0.2) is 37.1 Å². The summed E-state index contributed by atoms with van der Waals surface area (Å²) in [6.07, 6.45) is 3.36. The lowest BCUT2D eigenvalue weighted by Gasteiger charge is -2.17. The lowest BCUT2D eigenvalue weighted by atomic mass is 10.2. The Bertz CT molecular complexity index is 444. The van der Waals surface area contributed by atoms with Gasteiger partial charge >= 0.3 is 6.03 Å². The Morgan fingerprint density at radius 3 is 2.65 bits per heavy atom. The highest BCUT2D eigenvalue weighted by molar-refractivity contribution is 6.32. The number of nitrogens with zero attached hydrogens (tertiary/aromatic N) is 1. The van der Waals surface area contributed by atoms with E-state index < -0.39 is 0 Å². The number of amides is 2. The Hall–Kier alpha value is -1.52. The molecule has 2 amide bonds. The van der Waals surface area contributed by atoms with Crippen molar-refractivity contribution >= 4 is 23.7 Å². The van der Waals surface area contributed by atoms with Gasteiger partial charge in [-0.3, -0.25) is 0 Å². The third kappa shape index (κ3) is 6.08. The van der Waals surface area contributed by atoms with Crippen LogP contribution in [-0.2, 0) is 0 Å². The highest BCUT2D eigenvalue weighted by Gasteiger charge is 2.00. The van der Waals surface area contributed by atoms with Gasteiger partial charge in [0.25, 0.3) is 0 Å². The van der Waals surface area contributed by atoms with Gasteiger partial charge in [0.05, 0.1) is 0 Å². The minimum atomic E-state index is -0.208. The largest absolute Gasteiger partial charge is 0.337 e. The van der Waals surface area contributed by atoms with Crippen LogP contribution in [0.4, 0.5) is 4.79 Å². The van der Waals surface area contributed by atoms with E-state index in [1.54, 1.807) is 12.3 Å². The molecule has 110 valence electrons. The Morgan fingerprint density at radius 2 is 2.00 bits per heavy atom. The van der Waals surface area contributed by atoms with Crippen molar-refractivity contribution in [3.05, 3.63) is 41.1 Å². The molecule has 2 N–H and O–H groups in total. The van der Waals surface area contributed by atoms with Crippen molar-refractivity contribution in [3.63, 3.8) is 0 Å². The van der Waals surface area contributed by atoms with Crippen LogP contribution in [0.3, 0.4) is 0 Å². The minimum absolute atomic E-state index is 0.208. The summed E-state index contributed by atoms with van der Waals surface area (Å²) in [7, 11) is 0. The molecule has 0 saturated heterocycles. The average molecular weight is 296 g/mol. The van der Waals surface area contributed by atoms with Crippen molar-refractivity contribution in [2.45, 2.75) is 13.8 Å². The standard InChI is InChI=1S/C15H22ClN3O/c1-3-19(4-2)12-11-18-15(20)17-10-9-13-7-5-6-8-14(13)16/h5-10H,3-4,11-12H2,1-2H3,(H2,17,18,20)/b10-9+. The number of halogens is 1. The predicted octanol–water partition coefficient (Wildman–Crippen LogP) is 2.95. The molecular weight excluding hydrogens is 274 g/mol. The molecule has 4 nitrogen and oxygen atoms in total. The predicted molar refractivity (Wildman–Crippen MR) is 84.8 cm³/mol. The first kappa shape index (κ1) is 16.5. The van der Waals surface area contributed by atoms with Gasteiger partial charge in [0.2, 0.25) is 0 Å². The van der Waals surface area contributed by atoms with E-state index in [2.05, 4.69) is 29.4 Å². The van der Waals surface area contributed by atoms with E-state index in [9.17, 15) is 4.79 Å². The fourth-order valence-electron chi connectivity index (χ4n) is 1.74. The Morgan fingerprint density at radius 1 is 1.30 bits per heavy atom. The van der Waals surface area contributed by atoms with Gasteiger partial charge in [-0.1, -0.05) is 43.6 Å². The van der Waals surface area contributed by atoms with Crippen LogP contribution in [0.2, 0.25) is 5.02 Å². The molecule has 0 aliphatic rings. The molecule has 0 radical (unpaired) electrons. The van der Waals surface area contributed by atoms with E-state index >= 15 is 0 Å². The van der Waals surface area contributed by atoms with E-state index in [4.69, 9.17) is 11.6 Å². The topological polar surface area (TPSA) is 44.4 Å². The van der Waals surface area contributed by atoms with Crippen LogP contribution < -0.4 is 10.6 Å². The van der Waals surface area contributed by atoms with Gasteiger partial charge in [-0.15, -0.1) is 0 Å². The highest BCUT2D eigenvalue weighted by atomic mass is 35.5. The monoisotopic (exact) mass is 295 g/mol. The van der Waals surface area contributed by atoms with Gasteiger partial charge in [0.1, 0.15) is 0 Å². The van der Waals surface area contributed by atoms with Crippen LogP contribution in [0.25, 0.3) is 6.08 Å². The van der Waals surface area contributed by atoms with Gasteiger partial charge < -0.3 is 15.5 Å². The molecule has 0 unspecified atom stereocenters. The number of carbonyl (C=O) groups is 1. The number of nitrogens with one attached hydrogen (secondary N) is 2. The zero-order valence-corrected chi connectivity index (χ0v) is 12.8. The molecule has 1 rings (SSSR count). The van der Waals surface area contributed by atoms with E-state index in [-0.39, 0.29) is 6.03 Å². The number of hydrogen-bond acceptors (Lipinski definition) is 2. The van der Waals surface area contributed by atoms with Crippen molar-refractivity contribution in [1.82, 2.24) is 15.5 Å². The molecule has 0 fully saturated rings. The molecule has 0 aliphatic carbocycles. The first-order valence-electron chi connectivity index (χ1n) is 6.85. The highest BCUT2D eigenvalue weighted by Crippen LogP contribution is 2.15. The third-order valence-electron chi connectivity index (χ3n) is 2.99. The smallest absolute Gasteiger partial charge is 0.318 e. The summed E-state index contributed by atoms with van der Waals surface area (Å²) in [6.45, 7) is 7.69. The molecule has 0 saturated carbocycles. The van der Waals surface area contributed by atoms with Crippen molar-refractivity contribution < 1.29 is 4.79 Å². The second-order valence-corrected chi connectivity index (χ2v) is 4.69. The maximum absolute atomic E-state index is 11.6. The van der Waals surface area contributed by atoms with E-state index in [0.29, 0.717) is 11.6 Å². The molecule has 0 atom stereocenters. The van der Waals surface area contributed by atoms with Gasteiger partial charge in [-0.2, -0.15) is 0 Å². The SMILES string of the molecule is CCN(CC)CCNC(=O)N/C=C/c1ccccc1Cl. The second kappa shape index (κ2) is 9.39. The van der Waals surface area contributed by atoms with Crippen LogP contribution in [0.1, 0.15) is 19.4 Å². The van der Waals surface area contributed by atoms with Crippen LogP contribution in [0, 0.1) is 0 Å². The summed E-state index contributed by atoms with van der Waals surface area (Å²) in [6, 6.07) is 7.26. The number of rotatable bonds is 7. The van der Waals surface area contributed by atoms with Gasteiger partial charge in [-0.25, -0.2) is 4.79 Å². The number of benzene rings is 1. The summed E-state index contributed by atoms with van der Waals surface area (Å²) in [4.78, 5) is 13.8. The van der Waals surface area contributed by atoms with Gasteiger partial charge in [-0.05, 0) is 30.8 Å². The molecule has 0 bridgehead atoms. The first-order chi connectivity index (χ1) is 9.67. The van der Waals surface area contributed by atoms with Crippen molar-refractivity contribution in [3.8, 4) is 0 Å². The van der Waals surface area contributed by atoms with Crippen molar-refractivity contribution in [2.75, 3.05) is 26.2 Å². The van der Waals surface area contributed by atoms with Gasteiger partial charge in [0.15, 0.2) is 0 Å². The number of likely N-dealkylation sites (N-methyl/N-ethyl adjacent to an activating group) is 1. The number of carbonyl (C=O) groups excluding carboxylic acids is 1. The summed E-state index contributed by atoms with van der Waals surface area (Å²) in [5, 5.41) is 6.13. The molecule has 0 aliphatic heterocycles. The zero-order valence-electron chi connectivity index (χ0n) is 12.0. The number of urea groups is 1. The third-order valence-corrected chi connectivity index (χ3v) is 3.33. The van der Waals surface area contributed by atoms with E-state index in [1.807, 2.05) is 24.3 Å². The summed E-state index contributed by atoms with van der Waals surface area (Å²) in [5.41, 5.74) is 0.873. The Labute approximate surface area is 125 Å². The molecule has 0 heterocycles. The molecular formula is C15H22ClN3O. The van der Waals surface area contributed by atoms with Crippen LogP contribution in [0.5, 0.6) is 0 Å². The molecule has 1 aromatic carbocycles. The summed E-state index contributed by atoms with van der Waals surface area (Å²) < 4.78 is 0. The molecule has 5 heteroatoms. The Balaban J connectivity index is 2.28. The van der Waals surface area contributed by atoms with E-state index in [1.165, 1.54) is 0 Å². The normalized spacial score (nSPS) is 11.0. The van der Waals surface area contributed by atoms with Gasteiger partial charge in [0, 0.05) is 24.3 Å². The maximum Gasteiger partial charge on any atom is 0.318 e. The molecule has 1 aromatic rings.